The Bertz CT molecular complexity index is 1660. The molecule has 1 saturated heterocycles. The van der Waals surface area contributed by atoms with E-state index in [1.807, 2.05) is 12.1 Å². The molecule has 1 fully saturated rings. The summed E-state index contributed by atoms with van der Waals surface area (Å²) < 4.78 is 34.1. The van der Waals surface area contributed by atoms with E-state index in [1.54, 1.807) is 31.5 Å². The van der Waals surface area contributed by atoms with Gasteiger partial charge < -0.3 is 25.3 Å². The van der Waals surface area contributed by atoms with Crippen molar-refractivity contribution in [1.82, 2.24) is 24.2 Å². The van der Waals surface area contributed by atoms with E-state index in [2.05, 4.69) is 58.5 Å². The van der Waals surface area contributed by atoms with Crippen molar-refractivity contribution in [3.8, 4) is 5.75 Å². The van der Waals surface area contributed by atoms with Crippen LogP contribution in [-0.4, -0.2) is 66.4 Å². The first-order chi connectivity index (χ1) is 18.6. The molecule has 39 heavy (non-hydrogen) atoms. The number of likely N-dealkylation sites (N-methyl/N-ethyl adjacent to an activating group) is 1. The molecule has 6 rings (SSSR count). The Hall–Kier alpha value is -3.67. The number of sulfonamides is 1. The van der Waals surface area contributed by atoms with Crippen LogP contribution in [0.3, 0.4) is 0 Å². The Kier molecular flexibility index (Phi) is 6.24. The molecule has 0 spiro atoms. The fourth-order valence-electron chi connectivity index (χ4n) is 5.35. The third kappa shape index (κ3) is 4.81. The molecule has 0 unspecified atom stereocenters. The molecule has 2 aliphatic rings. The van der Waals surface area contributed by atoms with E-state index < -0.39 is 10.0 Å². The van der Waals surface area contributed by atoms with Crippen molar-refractivity contribution in [2.24, 2.45) is 5.41 Å². The van der Waals surface area contributed by atoms with Gasteiger partial charge in [-0.2, -0.15) is 14.3 Å². The Balaban J connectivity index is 1.35. The number of H-pyrrole nitrogens is 1. The van der Waals surface area contributed by atoms with Gasteiger partial charge in [-0.25, -0.2) is 8.42 Å². The molecule has 2 aromatic carbocycles. The second-order valence-corrected chi connectivity index (χ2v) is 13.0. The van der Waals surface area contributed by atoms with Crippen LogP contribution in [0.25, 0.3) is 11.0 Å². The lowest BCUT2D eigenvalue weighted by Crippen LogP contribution is -2.55. The summed E-state index contributed by atoms with van der Waals surface area (Å²) in [5.41, 5.74) is 4.35. The van der Waals surface area contributed by atoms with Crippen LogP contribution in [-0.2, 0) is 23.0 Å². The maximum absolute atomic E-state index is 13.5. The number of hydrogen-bond acceptors (Lipinski definition) is 8. The summed E-state index contributed by atoms with van der Waals surface area (Å²) in [4.78, 5) is 15.1. The maximum Gasteiger partial charge on any atom is 0.245 e. The smallest absolute Gasteiger partial charge is 0.245 e. The van der Waals surface area contributed by atoms with Gasteiger partial charge in [-0.15, -0.1) is 0 Å². The number of benzene rings is 2. The van der Waals surface area contributed by atoms with Crippen molar-refractivity contribution in [1.29, 1.82) is 0 Å². The number of methoxy groups -OCH3 is 1. The standard InChI is InChI=1S/C28H33N7O3S/c1-28(2)16-35(17-28)39(36,37)24-8-6-5-7-21(24)30-26-20-9-11-29-25(20)32-27(33-26)31-22-13-19-15-34(3)12-10-18(19)14-23(22)38-4/h5-9,11,13-14H,10,12,15-17H2,1-4H3,(H3,29,30,31,32,33). The minimum atomic E-state index is -3.66. The van der Waals surface area contributed by atoms with Crippen molar-refractivity contribution in [3.63, 3.8) is 0 Å². The van der Waals surface area contributed by atoms with E-state index >= 15 is 0 Å². The van der Waals surface area contributed by atoms with Crippen LogP contribution in [0.4, 0.5) is 23.1 Å². The lowest BCUT2D eigenvalue weighted by molar-refractivity contribution is 0.111. The molecule has 204 valence electrons. The fourth-order valence-corrected chi connectivity index (χ4v) is 7.31. The average Bonchev–Trinajstić information content (AvgIpc) is 3.36. The number of ether oxygens (including phenoxy) is 1. The van der Waals surface area contributed by atoms with Crippen LogP contribution in [0.5, 0.6) is 5.75 Å². The molecule has 11 heteroatoms. The first-order valence-electron chi connectivity index (χ1n) is 13.0. The van der Waals surface area contributed by atoms with E-state index in [0.29, 0.717) is 36.2 Å². The first kappa shape index (κ1) is 25.6. The molecule has 0 atom stereocenters. The molecule has 0 bridgehead atoms. The lowest BCUT2D eigenvalue weighted by atomic mass is 9.87. The molecule has 0 saturated carbocycles. The quantitative estimate of drug-likeness (QED) is 0.310. The minimum Gasteiger partial charge on any atom is -0.495 e. The Morgan fingerprint density at radius 2 is 1.82 bits per heavy atom. The number of nitrogens with zero attached hydrogens (tertiary/aromatic N) is 4. The molecule has 4 heterocycles. The SMILES string of the molecule is COc1cc2c(cc1Nc1nc(Nc3ccccc3S(=O)(=O)N3CC(C)(C)C3)c3cc[nH]c3n1)CN(C)CC2. The average molecular weight is 548 g/mol. The van der Waals surface area contributed by atoms with E-state index in [0.717, 1.165) is 36.3 Å². The van der Waals surface area contributed by atoms with Crippen LogP contribution in [0.2, 0.25) is 0 Å². The van der Waals surface area contributed by atoms with Crippen LogP contribution in [0.1, 0.15) is 25.0 Å². The number of hydrogen-bond donors (Lipinski definition) is 3. The molecular weight excluding hydrogens is 514 g/mol. The zero-order chi connectivity index (χ0) is 27.4. The van der Waals surface area contributed by atoms with Crippen LogP contribution < -0.4 is 15.4 Å². The van der Waals surface area contributed by atoms with Crippen LogP contribution >= 0.6 is 0 Å². The first-order valence-corrected chi connectivity index (χ1v) is 14.4. The highest BCUT2D eigenvalue weighted by Gasteiger charge is 2.42. The molecule has 2 aliphatic heterocycles. The Morgan fingerprint density at radius 3 is 2.59 bits per heavy atom. The molecule has 4 aromatic rings. The van der Waals surface area contributed by atoms with Gasteiger partial charge in [0.25, 0.3) is 0 Å². The molecule has 0 aliphatic carbocycles. The zero-order valence-electron chi connectivity index (χ0n) is 22.6. The van der Waals surface area contributed by atoms with Gasteiger partial charge in [0.15, 0.2) is 0 Å². The van der Waals surface area contributed by atoms with E-state index in [9.17, 15) is 8.42 Å². The van der Waals surface area contributed by atoms with Gasteiger partial charge >= 0.3 is 0 Å². The Labute approximate surface area is 228 Å². The second-order valence-electron chi connectivity index (χ2n) is 11.1. The van der Waals surface area contributed by atoms with E-state index in [4.69, 9.17) is 9.72 Å². The third-order valence-electron chi connectivity index (χ3n) is 7.35. The van der Waals surface area contributed by atoms with Gasteiger partial charge in [-0.3, -0.25) is 0 Å². The summed E-state index contributed by atoms with van der Waals surface area (Å²) >= 11 is 0. The number of para-hydroxylation sites is 1. The van der Waals surface area contributed by atoms with Crippen molar-refractivity contribution in [3.05, 3.63) is 59.8 Å². The normalized spacial score (nSPS) is 17.4. The van der Waals surface area contributed by atoms with Crippen molar-refractivity contribution >= 4 is 44.2 Å². The highest BCUT2D eigenvalue weighted by atomic mass is 32.2. The fraction of sp³-hybridized carbons (Fsp3) is 0.357. The topological polar surface area (TPSA) is 115 Å². The summed E-state index contributed by atoms with van der Waals surface area (Å²) in [5.74, 6) is 1.57. The lowest BCUT2D eigenvalue weighted by Gasteiger charge is -2.44. The van der Waals surface area contributed by atoms with Gasteiger partial charge in [-0.05, 0) is 60.3 Å². The number of aromatic amines is 1. The molecule has 0 radical (unpaired) electrons. The Morgan fingerprint density at radius 1 is 1.03 bits per heavy atom. The predicted molar refractivity (Wildman–Crippen MR) is 152 cm³/mol. The molecule has 0 amide bonds. The van der Waals surface area contributed by atoms with Crippen molar-refractivity contribution in [2.45, 2.75) is 31.7 Å². The van der Waals surface area contributed by atoms with Gasteiger partial charge in [0, 0.05) is 32.4 Å². The van der Waals surface area contributed by atoms with Gasteiger partial charge in [-0.1, -0.05) is 26.0 Å². The predicted octanol–water partition coefficient (Wildman–Crippen LogP) is 4.47. The van der Waals surface area contributed by atoms with Gasteiger partial charge in [0.2, 0.25) is 16.0 Å². The van der Waals surface area contributed by atoms with E-state index in [-0.39, 0.29) is 10.3 Å². The molecule has 3 N–H and O–H groups in total. The summed E-state index contributed by atoms with van der Waals surface area (Å²) in [7, 11) is 0.104. The van der Waals surface area contributed by atoms with Crippen LogP contribution in [0, 0.1) is 5.41 Å². The zero-order valence-corrected chi connectivity index (χ0v) is 23.4. The van der Waals surface area contributed by atoms with Gasteiger partial charge in [0.1, 0.15) is 22.1 Å². The second kappa shape index (κ2) is 9.51. The summed E-state index contributed by atoms with van der Waals surface area (Å²) in [6.07, 6.45) is 2.76. The molecule has 10 nitrogen and oxygen atoms in total. The minimum absolute atomic E-state index is 0.0207. The molecule has 2 aromatic heterocycles. The van der Waals surface area contributed by atoms with Crippen molar-refractivity contribution < 1.29 is 13.2 Å². The highest BCUT2D eigenvalue weighted by Crippen LogP contribution is 2.38. The number of rotatable bonds is 7. The number of anilines is 4. The van der Waals surface area contributed by atoms with Crippen LogP contribution in [0.15, 0.2) is 53.6 Å². The van der Waals surface area contributed by atoms with Crippen molar-refractivity contribution in [2.75, 3.05) is 44.4 Å². The highest BCUT2D eigenvalue weighted by molar-refractivity contribution is 7.89. The monoisotopic (exact) mass is 547 g/mol. The van der Waals surface area contributed by atoms with E-state index in [1.165, 1.54) is 15.4 Å². The maximum atomic E-state index is 13.5. The largest absolute Gasteiger partial charge is 0.495 e. The molecular formula is C28H33N7O3S. The number of fused-ring (bicyclic) bond motifs is 2. The third-order valence-corrected chi connectivity index (χ3v) is 9.20. The number of aromatic nitrogens is 3. The summed E-state index contributed by atoms with van der Waals surface area (Å²) in [5, 5.41) is 7.37. The van der Waals surface area contributed by atoms with Gasteiger partial charge in [0.05, 0.1) is 23.9 Å². The summed E-state index contributed by atoms with van der Waals surface area (Å²) in [6.45, 7) is 6.99. The summed E-state index contributed by atoms with van der Waals surface area (Å²) in [6, 6.07) is 13.0. The number of nitrogens with one attached hydrogen (secondary N) is 3.